The first kappa shape index (κ1) is 20.8. The Morgan fingerprint density at radius 2 is 1.78 bits per heavy atom. The minimum absolute atomic E-state index is 0. The number of fused-ring (bicyclic) bond motifs is 1. The minimum Gasteiger partial charge on any atom is -0.454 e. The maximum absolute atomic E-state index is 11.1. The van der Waals surface area contributed by atoms with Crippen LogP contribution < -0.4 is 25.8 Å². The molecule has 0 unspecified atom stereocenters. The van der Waals surface area contributed by atoms with Crippen molar-refractivity contribution in [2.24, 2.45) is 10.7 Å². The predicted octanol–water partition coefficient (Wildman–Crippen LogP) is 2.39. The van der Waals surface area contributed by atoms with Gasteiger partial charge in [0.05, 0.1) is 6.54 Å². The zero-order valence-corrected chi connectivity index (χ0v) is 17.4. The topological polar surface area (TPSA) is 98.0 Å². The molecule has 0 aliphatic carbocycles. The Kier molecular flexibility index (Phi) is 7.71. The Balaban J connectivity index is 0.00000261. The largest absolute Gasteiger partial charge is 0.454 e. The highest BCUT2D eigenvalue weighted by atomic mass is 127. The van der Waals surface area contributed by atoms with Crippen LogP contribution in [0.5, 0.6) is 11.5 Å². The normalized spacial score (nSPS) is 12.3. The average molecular weight is 482 g/mol. The molecule has 8 heteroatoms. The zero-order chi connectivity index (χ0) is 18.4. The van der Waals surface area contributed by atoms with Gasteiger partial charge in [-0.3, -0.25) is 4.79 Å². The molecule has 27 heavy (non-hydrogen) atoms. The van der Waals surface area contributed by atoms with E-state index < -0.39 is 5.91 Å². The number of halogens is 1. The summed E-state index contributed by atoms with van der Waals surface area (Å²) in [5.41, 5.74) is 7.82. The second-order valence-corrected chi connectivity index (χ2v) is 5.80. The van der Waals surface area contributed by atoms with Crippen molar-refractivity contribution in [1.29, 1.82) is 0 Å². The monoisotopic (exact) mass is 482 g/mol. The van der Waals surface area contributed by atoms with E-state index in [1.807, 2.05) is 37.3 Å². The van der Waals surface area contributed by atoms with Crippen molar-refractivity contribution in [1.82, 2.24) is 10.6 Å². The van der Waals surface area contributed by atoms with Gasteiger partial charge < -0.3 is 25.8 Å². The third-order valence-corrected chi connectivity index (χ3v) is 3.90. The number of hydrogen-bond donors (Lipinski definition) is 3. The van der Waals surface area contributed by atoms with Crippen LogP contribution in [0, 0.1) is 0 Å². The molecule has 0 radical (unpaired) electrons. The van der Waals surface area contributed by atoms with Gasteiger partial charge in [0.15, 0.2) is 17.5 Å². The van der Waals surface area contributed by atoms with E-state index >= 15 is 0 Å². The maximum atomic E-state index is 11.1. The second kappa shape index (κ2) is 10.0. The number of guanidine groups is 1. The SMILES string of the molecule is CCNC(=NCc1ccc2c(c1)OCO2)NCc1ccc(C(N)=O)cc1.I. The van der Waals surface area contributed by atoms with Gasteiger partial charge >= 0.3 is 0 Å². The van der Waals surface area contributed by atoms with E-state index in [2.05, 4.69) is 15.6 Å². The Morgan fingerprint density at radius 1 is 1.07 bits per heavy atom. The quantitative estimate of drug-likeness (QED) is 0.334. The van der Waals surface area contributed by atoms with E-state index in [-0.39, 0.29) is 30.8 Å². The molecule has 1 aliphatic heterocycles. The van der Waals surface area contributed by atoms with Crippen LogP contribution in [0.4, 0.5) is 0 Å². The Morgan fingerprint density at radius 3 is 2.48 bits per heavy atom. The van der Waals surface area contributed by atoms with Gasteiger partial charge in [0.25, 0.3) is 0 Å². The number of nitrogens with one attached hydrogen (secondary N) is 2. The Bertz CT molecular complexity index is 809. The van der Waals surface area contributed by atoms with Crippen LogP contribution in [0.1, 0.15) is 28.4 Å². The van der Waals surface area contributed by atoms with Crippen LogP contribution in [-0.2, 0) is 13.1 Å². The first-order chi connectivity index (χ1) is 12.7. The van der Waals surface area contributed by atoms with E-state index in [9.17, 15) is 4.79 Å². The summed E-state index contributed by atoms with van der Waals surface area (Å²) in [5.74, 6) is 1.81. The highest BCUT2D eigenvalue weighted by Gasteiger charge is 2.13. The lowest BCUT2D eigenvalue weighted by Crippen LogP contribution is -2.36. The Labute approximate surface area is 175 Å². The number of ether oxygens (including phenoxy) is 2. The first-order valence-electron chi connectivity index (χ1n) is 8.45. The number of benzene rings is 2. The van der Waals surface area contributed by atoms with E-state index in [0.29, 0.717) is 24.6 Å². The summed E-state index contributed by atoms with van der Waals surface area (Å²) in [6.07, 6.45) is 0. The third kappa shape index (κ3) is 5.75. The lowest BCUT2D eigenvalue weighted by Gasteiger charge is -2.11. The molecule has 7 nitrogen and oxygen atoms in total. The molecule has 0 aromatic heterocycles. The number of amides is 1. The minimum atomic E-state index is -0.428. The van der Waals surface area contributed by atoms with Gasteiger partial charge in [-0.05, 0) is 42.3 Å². The molecule has 0 saturated carbocycles. The summed E-state index contributed by atoms with van der Waals surface area (Å²) in [7, 11) is 0. The molecule has 1 heterocycles. The molecule has 4 N–H and O–H groups in total. The molecule has 0 fully saturated rings. The van der Waals surface area contributed by atoms with E-state index in [1.54, 1.807) is 12.1 Å². The van der Waals surface area contributed by atoms with Crippen molar-refractivity contribution < 1.29 is 14.3 Å². The van der Waals surface area contributed by atoms with Crippen LogP contribution in [0.25, 0.3) is 0 Å². The van der Waals surface area contributed by atoms with Crippen molar-refractivity contribution in [2.45, 2.75) is 20.0 Å². The summed E-state index contributed by atoms with van der Waals surface area (Å²) < 4.78 is 10.7. The number of hydrogen-bond acceptors (Lipinski definition) is 4. The zero-order valence-electron chi connectivity index (χ0n) is 15.0. The van der Waals surface area contributed by atoms with Crippen molar-refractivity contribution in [3.8, 4) is 11.5 Å². The average Bonchev–Trinajstić information content (AvgIpc) is 3.12. The number of aliphatic imine (C=N–C) groups is 1. The summed E-state index contributed by atoms with van der Waals surface area (Å²) >= 11 is 0. The lowest BCUT2D eigenvalue weighted by molar-refractivity contribution is 0.1000. The molecule has 2 aromatic rings. The number of nitrogens with zero attached hydrogens (tertiary/aromatic N) is 1. The van der Waals surface area contributed by atoms with Crippen LogP contribution in [0.2, 0.25) is 0 Å². The molecular formula is C19H23IN4O3. The van der Waals surface area contributed by atoms with Crippen LogP contribution in [0.15, 0.2) is 47.5 Å². The number of primary amides is 1. The molecule has 0 atom stereocenters. The predicted molar refractivity (Wildman–Crippen MR) is 115 cm³/mol. The highest BCUT2D eigenvalue weighted by Crippen LogP contribution is 2.32. The number of nitrogens with two attached hydrogens (primary N) is 1. The fourth-order valence-electron chi connectivity index (χ4n) is 2.52. The van der Waals surface area contributed by atoms with Gasteiger partial charge in [0.1, 0.15) is 0 Å². The number of rotatable bonds is 6. The van der Waals surface area contributed by atoms with Crippen molar-refractivity contribution >= 4 is 35.8 Å². The van der Waals surface area contributed by atoms with Gasteiger partial charge in [0, 0.05) is 18.7 Å². The second-order valence-electron chi connectivity index (χ2n) is 5.80. The smallest absolute Gasteiger partial charge is 0.248 e. The van der Waals surface area contributed by atoms with Crippen molar-refractivity contribution in [2.75, 3.05) is 13.3 Å². The fraction of sp³-hybridized carbons (Fsp3) is 0.263. The molecule has 0 saturated heterocycles. The van der Waals surface area contributed by atoms with Gasteiger partial charge in [-0.25, -0.2) is 4.99 Å². The fourth-order valence-corrected chi connectivity index (χ4v) is 2.52. The highest BCUT2D eigenvalue weighted by molar-refractivity contribution is 14.0. The molecule has 3 rings (SSSR count). The van der Waals surface area contributed by atoms with Crippen molar-refractivity contribution in [3.63, 3.8) is 0 Å². The summed E-state index contributed by atoms with van der Waals surface area (Å²) in [6, 6.07) is 13.0. The molecule has 144 valence electrons. The molecule has 2 aromatic carbocycles. The van der Waals surface area contributed by atoms with E-state index in [4.69, 9.17) is 15.2 Å². The molecule has 1 amide bonds. The Hall–Kier alpha value is -2.49. The number of carbonyl (C=O) groups excluding carboxylic acids is 1. The molecule has 1 aliphatic rings. The van der Waals surface area contributed by atoms with Crippen LogP contribution in [0.3, 0.4) is 0 Å². The summed E-state index contributed by atoms with van der Waals surface area (Å²) in [4.78, 5) is 15.7. The van der Waals surface area contributed by atoms with E-state index in [0.717, 1.165) is 29.2 Å². The van der Waals surface area contributed by atoms with Crippen molar-refractivity contribution in [3.05, 3.63) is 59.2 Å². The summed E-state index contributed by atoms with van der Waals surface area (Å²) in [6.45, 7) is 4.15. The van der Waals surface area contributed by atoms with E-state index in [1.165, 1.54) is 0 Å². The van der Waals surface area contributed by atoms with Gasteiger partial charge in [0.2, 0.25) is 12.7 Å². The van der Waals surface area contributed by atoms with Gasteiger partial charge in [-0.1, -0.05) is 18.2 Å². The van der Waals surface area contributed by atoms with Gasteiger partial charge in [-0.15, -0.1) is 24.0 Å². The maximum Gasteiger partial charge on any atom is 0.248 e. The first-order valence-corrected chi connectivity index (χ1v) is 8.45. The molecular weight excluding hydrogens is 459 g/mol. The third-order valence-electron chi connectivity index (χ3n) is 3.90. The lowest BCUT2D eigenvalue weighted by atomic mass is 10.1. The standard InChI is InChI=1S/C19H22N4O3.HI/c1-2-21-19(22-10-13-3-6-15(7-4-13)18(20)24)23-11-14-5-8-16-17(9-14)26-12-25-16;/h3-9H,2,10-12H2,1H3,(H2,20,24)(H2,21,22,23);1H. The molecule has 0 bridgehead atoms. The van der Waals surface area contributed by atoms with Crippen LogP contribution >= 0.6 is 24.0 Å². The van der Waals surface area contributed by atoms with Gasteiger partial charge in [-0.2, -0.15) is 0 Å². The molecule has 0 spiro atoms. The number of carbonyl (C=O) groups is 1. The summed E-state index contributed by atoms with van der Waals surface area (Å²) in [5, 5.41) is 6.49. The van der Waals surface area contributed by atoms with Crippen LogP contribution in [-0.4, -0.2) is 25.2 Å².